The van der Waals surface area contributed by atoms with E-state index < -0.39 is 0 Å². The maximum absolute atomic E-state index is 5.69. The molecule has 1 aromatic carbocycles. The predicted octanol–water partition coefficient (Wildman–Crippen LogP) is 7.83. The van der Waals surface area contributed by atoms with Gasteiger partial charge in [0.1, 0.15) is 5.75 Å². The topological polar surface area (TPSA) is 21.8 Å². The maximum atomic E-state index is 5.69. The molecule has 1 aliphatic heterocycles. The first-order valence-corrected chi connectivity index (χ1v) is 11.6. The lowest BCUT2D eigenvalue weighted by molar-refractivity contribution is 0.320. The summed E-state index contributed by atoms with van der Waals surface area (Å²) in [6.45, 7) is 11.2. The first kappa shape index (κ1) is 22.9. The quantitative estimate of drug-likeness (QED) is 0.291. The van der Waals surface area contributed by atoms with Crippen LogP contribution in [0.3, 0.4) is 0 Å². The van der Waals surface area contributed by atoms with Gasteiger partial charge in [0.15, 0.2) is 0 Å². The highest BCUT2D eigenvalue weighted by atomic mass is 16.6. The lowest BCUT2D eigenvalue weighted by atomic mass is 9.84. The van der Waals surface area contributed by atoms with Crippen molar-refractivity contribution in [2.24, 2.45) is 0 Å². The second-order valence-corrected chi connectivity index (χ2v) is 9.71. The number of hydrogen-bond donors (Lipinski definition) is 0. The Bertz CT molecular complexity index is 838. The number of benzene rings is 1. The third-order valence-corrected chi connectivity index (χ3v) is 6.81. The highest BCUT2D eigenvalue weighted by Crippen LogP contribution is 2.39. The minimum absolute atomic E-state index is 0.123. The molecular weight excluding hydrogens is 368 g/mol. The van der Waals surface area contributed by atoms with Crippen molar-refractivity contribution in [2.75, 3.05) is 7.11 Å². The summed E-state index contributed by atoms with van der Waals surface area (Å²) in [6.07, 6.45) is 14.5. The van der Waals surface area contributed by atoms with Gasteiger partial charge in [0.2, 0.25) is 0 Å². The van der Waals surface area contributed by atoms with E-state index >= 15 is 0 Å². The van der Waals surface area contributed by atoms with E-state index in [2.05, 4.69) is 65.0 Å². The van der Waals surface area contributed by atoms with Crippen LogP contribution in [-0.2, 0) is 11.2 Å². The second-order valence-electron chi connectivity index (χ2n) is 9.71. The van der Waals surface area contributed by atoms with Crippen LogP contribution in [0.5, 0.6) is 5.75 Å². The van der Waals surface area contributed by atoms with Crippen LogP contribution in [0.1, 0.15) is 90.7 Å². The van der Waals surface area contributed by atoms with Gasteiger partial charge in [-0.1, -0.05) is 34.9 Å². The highest BCUT2D eigenvalue weighted by Gasteiger charge is 2.46. The van der Waals surface area contributed by atoms with Crippen LogP contribution in [0.15, 0.2) is 47.1 Å². The Labute approximate surface area is 184 Å². The van der Waals surface area contributed by atoms with Crippen LogP contribution in [0.2, 0.25) is 0 Å². The van der Waals surface area contributed by atoms with E-state index in [9.17, 15) is 0 Å². The number of epoxide rings is 1. The fraction of sp³-hybridized carbons (Fsp3) is 0.571. The van der Waals surface area contributed by atoms with Crippen LogP contribution in [0.25, 0.3) is 5.57 Å². The summed E-state index contributed by atoms with van der Waals surface area (Å²) < 4.78 is 11.1. The van der Waals surface area contributed by atoms with E-state index in [0.717, 1.165) is 50.7 Å². The van der Waals surface area contributed by atoms with E-state index in [4.69, 9.17) is 9.47 Å². The summed E-state index contributed by atoms with van der Waals surface area (Å²) in [5, 5.41) is 0. The summed E-state index contributed by atoms with van der Waals surface area (Å²) in [4.78, 5) is 0. The van der Waals surface area contributed by atoms with E-state index in [1.54, 1.807) is 18.3 Å². The Morgan fingerprint density at radius 3 is 2.50 bits per heavy atom. The van der Waals surface area contributed by atoms with Gasteiger partial charge >= 0.3 is 0 Å². The summed E-state index contributed by atoms with van der Waals surface area (Å²) in [5.41, 5.74) is 9.12. The zero-order valence-electron chi connectivity index (χ0n) is 19.9. The number of rotatable bonds is 10. The number of ether oxygens (including phenoxy) is 2. The van der Waals surface area contributed by atoms with Gasteiger partial charge in [-0.3, -0.25) is 0 Å². The van der Waals surface area contributed by atoms with Gasteiger partial charge in [0, 0.05) is 0 Å². The van der Waals surface area contributed by atoms with E-state index in [1.807, 2.05) is 0 Å². The molecule has 2 nitrogen and oxygen atoms in total. The van der Waals surface area contributed by atoms with Crippen molar-refractivity contribution >= 4 is 5.57 Å². The zero-order valence-corrected chi connectivity index (χ0v) is 19.9. The van der Waals surface area contributed by atoms with Crippen molar-refractivity contribution < 1.29 is 9.47 Å². The number of hydrogen-bond acceptors (Lipinski definition) is 2. The molecule has 1 fully saturated rings. The van der Waals surface area contributed by atoms with Gasteiger partial charge in [-0.15, -0.1) is 0 Å². The average molecular weight is 409 g/mol. The Morgan fingerprint density at radius 2 is 1.80 bits per heavy atom. The molecule has 2 heteroatoms. The van der Waals surface area contributed by atoms with Crippen LogP contribution >= 0.6 is 0 Å². The maximum Gasteiger partial charge on any atom is 0.119 e. The monoisotopic (exact) mass is 408 g/mol. The van der Waals surface area contributed by atoms with Gasteiger partial charge in [-0.2, -0.15) is 0 Å². The van der Waals surface area contributed by atoms with Crippen molar-refractivity contribution in [2.45, 2.75) is 97.7 Å². The number of aryl methyl sites for hydroxylation is 1. The highest BCUT2D eigenvalue weighted by molar-refractivity contribution is 5.73. The van der Waals surface area contributed by atoms with Crippen molar-refractivity contribution in [3.8, 4) is 5.75 Å². The third kappa shape index (κ3) is 6.11. The molecule has 1 aromatic rings. The summed E-state index contributed by atoms with van der Waals surface area (Å²) in [5.74, 6) is 0.972. The molecule has 0 spiro atoms. The Morgan fingerprint density at radius 1 is 1.10 bits per heavy atom. The first-order chi connectivity index (χ1) is 14.3. The van der Waals surface area contributed by atoms with Crippen molar-refractivity contribution in [3.63, 3.8) is 0 Å². The van der Waals surface area contributed by atoms with Crippen LogP contribution < -0.4 is 4.74 Å². The molecule has 1 atom stereocenters. The summed E-state index contributed by atoms with van der Waals surface area (Å²) in [6, 6.07) is 6.57. The molecule has 30 heavy (non-hydrogen) atoms. The number of methoxy groups -OCH3 is 1. The molecular formula is C28H40O2. The fourth-order valence-electron chi connectivity index (χ4n) is 4.56. The summed E-state index contributed by atoms with van der Waals surface area (Å²) >= 11 is 0. The summed E-state index contributed by atoms with van der Waals surface area (Å²) in [7, 11) is 1.75. The first-order valence-electron chi connectivity index (χ1n) is 11.6. The molecule has 164 valence electrons. The van der Waals surface area contributed by atoms with Crippen molar-refractivity contribution in [3.05, 3.63) is 58.2 Å². The third-order valence-electron chi connectivity index (χ3n) is 6.81. The van der Waals surface area contributed by atoms with E-state index in [0.29, 0.717) is 6.10 Å². The predicted molar refractivity (Wildman–Crippen MR) is 128 cm³/mol. The van der Waals surface area contributed by atoms with Crippen LogP contribution in [-0.4, -0.2) is 18.8 Å². The Balaban J connectivity index is 1.45. The molecule has 0 bridgehead atoms. The molecule has 0 radical (unpaired) electrons. The Hall–Kier alpha value is -1.80. The van der Waals surface area contributed by atoms with Crippen LogP contribution in [0, 0.1) is 0 Å². The molecule has 3 rings (SSSR count). The smallest absolute Gasteiger partial charge is 0.119 e. The molecule has 1 heterocycles. The van der Waals surface area contributed by atoms with Crippen molar-refractivity contribution in [1.82, 2.24) is 0 Å². The van der Waals surface area contributed by atoms with Gasteiger partial charge in [0.25, 0.3) is 0 Å². The standard InChI is InChI=1S/C28H40O2/c1-20(9-7-10-21(2)13-18-27-28(4,5)30-27)11-8-12-25-22(3)14-15-23-19-24(29-6)16-17-26(23)25/h10-11,16-17,19,27H,7-9,12-15,18H2,1-6H3/b20-11+,21-10+/t27-/m0/s1. The lowest BCUT2D eigenvalue weighted by Gasteiger charge is -2.22. The zero-order chi connectivity index (χ0) is 21.7. The molecule has 0 unspecified atom stereocenters. The molecule has 0 amide bonds. The SMILES string of the molecule is COc1ccc2c(c1)CCC(C)=C2CC/C=C(\C)CC/C=C(\C)CC[C@@H]1OC1(C)C. The minimum atomic E-state index is 0.123. The lowest BCUT2D eigenvalue weighted by Crippen LogP contribution is -2.04. The van der Waals surface area contributed by atoms with Gasteiger partial charge in [-0.05, 0) is 115 Å². The Kier molecular flexibility index (Phi) is 7.63. The molecule has 1 saturated heterocycles. The van der Waals surface area contributed by atoms with E-state index in [-0.39, 0.29) is 5.60 Å². The molecule has 1 aliphatic carbocycles. The number of fused-ring (bicyclic) bond motifs is 1. The van der Waals surface area contributed by atoms with Crippen LogP contribution in [0.4, 0.5) is 0 Å². The van der Waals surface area contributed by atoms with E-state index in [1.165, 1.54) is 28.7 Å². The molecule has 0 aromatic heterocycles. The average Bonchev–Trinajstić information content (AvgIpc) is 3.34. The number of allylic oxidation sites excluding steroid dienone is 6. The van der Waals surface area contributed by atoms with Gasteiger partial charge < -0.3 is 9.47 Å². The van der Waals surface area contributed by atoms with Gasteiger partial charge in [-0.25, -0.2) is 0 Å². The van der Waals surface area contributed by atoms with Gasteiger partial charge in [0.05, 0.1) is 18.8 Å². The largest absolute Gasteiger partial charge is 0.497 e. The fourth-order valence-corrected chi connectivity index (χ4v) is 4.56. The normalized spacial score (nSPS) is 20.9. The molecule has 2 aliphatic rings. The second kappa shape index (κ2) is 10.0. The molecule has 0 N–H and O–H groups in total. The minimum Gasteiger partial charge on any atom is -0.497 e. The van der Waals surface area contributed by atoms with Crippen molar-refractivity contribution in [1.29, 1.82) is 0 Å². The molecule has 0 saturated carbocycles.